The second-order valence-electron chi connectivity index (χ2n) is 6.52. The Morgan fingerprint density at radius 3 is 2.38 bits per heavy atom. The zero-order valence-electron chi connectivity index (χ0n) is 12.4. The molecule has 0 aromatic carbocycles. The van der Waals surface area contributed by atoms with Crippen molar-refractivity contribution in [2.45, 2.75) is 50.2 Å². The summed E-state index contributed by atoms with van der Waals surface area (Å²) in [5, 5.41) is 17.8. The van der Waals surface area contributed by atoms with Crippen LogP contribution in [0.2, 0.25) is 0 Å². The molecule has 120 valence electrons. The van der Waals surface area contributed by atoms with E-state index >= 15 is 0 Å². The molecule has 1 heterocycles. The smallest absolute Gasteiger partial charge is 0.260 e. The molecule has 7 nitrogen and oxygen atoms in total. The zero-order valence-corrected chi connectivity index (χ0v) is 14.8. The minimum Gasteiger partial charge on any atom is -0.389 e. The number of hydrogen-bond donors (Lipinski definition) is 2. The summed E-state index contributed by atoms with van der Waals surface area (Å²) >= 11 is 3.07. The minimum absolute atomic E-state index is 0.00301. The van der Waals surface area contributed by atoms with Gasteiger partial charge < -0.3 is 5.11 Å². The first kappa shape index (κ1) is 16.9. The van der Waals surface area contributed by atoms with Crippen LogP contribution in [0.15, 0.2) is 9.63 Å². The molecular formula is C12H21BrN4O3S. The summed E-state index contributed by atoms with van der Waals surface area (Å²) < 4.78 is 28.4. The molecule has 1 aliphatic rings. The molecule has 21 heavy (non-hydrogen) atoms. The van der Waals surface area contributed by atoms with Crippen LogP contribution in [0, 0.1) is 5.41 Å². The summed E-state index contributed by atoms with van der Waals surface area (Å²) in [7, 11) is -2.26. The summed E-state index contributed by atoms with van der Waals surface area (Å²) in [6, 6.07) is 0. The van der Waals surface area contributed by atoms with Gasteiger partial charge in [-0.15, -0.1) is 5.10 Å². The summed E-state index contributed by atoms with van der Waals surface area (Å²) in [5.74, 6) is 0. The molecule has 0 amide bonds. The molecule has 0 aliphatic heterocycles. The van der Waals surface area contributed by atoms with Crippen molar-refractivity contribution in [3.8, 4) is 0 Å². The van der Waals surface area contributed by atoms with Crippen LogP contribution in [0.4, 0.5) is 0 Å². The van der Waals surface area contributed by atoms with Gasteiger partial charge in [0, 0.05) is 13.6 Å². The SMILES string of the molecule is Cn1nnc(Br)c1S(=O)(=O)NCC1(O)CCC(C)(C)CC1. The molecular weight excluding hydrogens is 360 g/mol. The quantitative estimate of drug-likeness (QED) is 0.817. The molecule has 1 saturated carbocycles. The number of nitrogens with one attached hydrogen (secondary N) is 1. The summed E-state index contributed by atoms with van der Waals surface area (Å²) in [6.07, 6.45) is 2.94. The molecule has 1 aromatic rings. The topological polar surface area (TPSA) is 97.1 Å². The fourth-order valence-electron chi connectivity index (χ4n) is 2.47. The van der Waals surface area contributed by atoms with Gasteiger partial charge in [0.05, 0.1) is 5.60 Å². The first-order valence-corrected chi connectivity index (χ1v) is 9.10. The van der Waals surface area contributed by atoms with E-state index in [-0.39, 0.29) is 21.6 Å². The Morgan fingerprint density at radius 1 is 1.33 bits per heavy atom. The maximum Gasteiger partial charge on any atom is 0.260 e. The Kier molecular flexibility index (Phi) is 4.50. The number of sulfonamides is 1. The Labute approximate surface area is 133 Å². The number of hydrogen-bond acceptors (Lipinski definition) is 5. The van der Waals surface area contributed by atoms with Gasteiger partial charge in [0.2, 0.25) is 5.03 Å². The zero-order chi connectivity index (χ0) is 15.9. The molecule has 1 fully saturated rings. The van der Waals surface area contributed by atoms with E-state index in [9.17, 15) is 13.5 Å². The van der Waals surface area contributed by atoms with E-state index in [0.717, 1.165) is 12.8 Å². The average Bonchev–Trinajstić information content (AvgIpc) is 2.72. The van der Waals surface area contributed by atoms with Gasteiger partial charge in [-0.25, -0.2) is 17.8 Å². The first-order chi connectivity index (χ1) is 9.55. The Morgan fingerprint density at radius 2 is 1.90 bits per heavy atom. The van der Waals surface area contributed by atoms with E-state index < -0.39 is 15.6 Å². The Bertz CT molecular complexity index is 597. The van der Waals surface area contributed by atoms with Crippen molar-refractivity contribution in [1.29, 1.82) is 0 Å². The molecule has 0 bridgehead atoms. The number of nitrogens with zero attached hydrogens (tertiary/aromatic N) is 3. The first-order valence-electron chi connectivity index (χ1n) is 6.82. The van der Waals surface area contributed by atoms with E-state index in [2.05, 4.69) is 44.8 Å². The second kappa shape index (κ2) is 5.60. The molecule has 0 spiro atoms. The lowest BCUT2D eigenvalue weighted by Crippen LogP contribution is -2.46. The standard InChI is InChI=1S/C12H21BrN4O3S/c1-11(2)4-6-12(18,7-5-11)8-14-21(19,20)10-9(13)15-16-17(10)3/h14,18H,4-8H2,1-3H3. The highest BCUT2D eigenvalue weighted by Gasteiger charge is 2.38. The van der Waals surface area contributed by atoms with E-state index in [1.807, 2.05) is 0 Å². The third-order valence-corrected chi connectivity index (χ3v) is 6.40. The largest absolute Gasteiger partial charge is 0.389 e. The lowest BCUT2D eigenvalue weighted by Gasteiger charge is -2.40. The van der Waals surface area contributed by atoms with Gasteiger partial charge in [-0.05, 0) is 47.0 Å². The third kappa shape index (κ3) is 3.82. The maximum absolute atomic E-state index is 12.3. The van der Waals surface area contributed by atoms with Gasteiger partial charge in [-0.1, -0.05) is 19.1 Å². The molecule has 9 heteroatoms. The fraction of sp³-hybridized carbons (Fsp3) is 0.833. The van der Waals surface area contributed by atoms with Gasteiger partial charge >= 0.3 is 0 Å². The summed E-state index contributed by atoms with van der Waals surface area (Å²) in [4.78, 5) is 0. The number of rotatable bonds is 4. The number of aliphatic hydroxyl groups is 1. The Balaban J connectivity index is 2.06. The van der Waals surface area contributed by atoms with Crippen LogP contribution >= 0.6 is 15.9 Å². The van der Waals surface area contributed by atoms with Crippen molar-refractivity contribution >= 4 is 26.0 Å². The van der Waals surface area contributed by atoms with Crippen LogP contribution in [-0.2, 0) is 17.1 Å². The van der Waals surface area contributed by atoms with Crippen molar-refractivity contribution in [3.63, 3.8) is 0 Å². The van der Waals surface area contributed by atoms with Crippen LogP contribution in [-0.4, -0.2) is 40.7 Å². The second-order valence-corrected chi connectivity index (χ2v) is 8.96. The molecule has 0 unspecified atom stereocenters. The van der Waals surface area contributed by atoms with E-state index in [1.54, 1.807) is 0 Å². The van der Waals surface area contributed by atoms with Crippen molar-refractivity contribution < 1.29 is 13.5 Å². The molecule has 2 N–H and O–H groups in total. The summed E-state index contributed by atoms with van der Waals surface area (Å²) in [6.45, 7) is 4.33. The highest BCUT2D eigenvalue weighted by Crippen LogP contribution is 2.40. The molecule has 0 radical (unpaired) electrons. The van der Waals surface area contributed by atoms with Crippen LogP contribution in [0.1, 0.15) is 39.5 Å². The lowest BCUT2D eigenvalue weighted by molar-refractivity contribution is -0.0206. The number of halogens is 1. The predicted octanol–water partition coefficient (Wildman–Crippen LogP) is 1.19. The van der Waals surface area contributed by atoms with Crippen molar-refractivity contribution in [2.75, 3.05) is 6.54 Å². The van der Waals surface area contributed by atoms with Gasteiger partial charge in [0.1, 0.15) is 0 Å². The third-order valence-electron chi connectivity index (χ3n) is 4.12. The number of aromatic nitrogens is 3. The van der Waals surface area contributed by atoms with Gasteiger partial charge in [-0.3, -0.25) is 0 Å². The average molecular weight is 381 g/mol. The highest BCUT2D eigenvalue weighted by atomic mass is 79.9. The molecule has 0 atom stereocenters. The molecule has 1 aromatic heterocycles. The summed E-state index contributed by atoms with van der Waals surface area (Å²) in [5.41, 5.74) is -0.777. The highest BCUT2D eigenvalue weighted by molar-refractivity contribution is 9.10. The van der Waals surface area contributed by atoms with Crippen LogP contribution in [0.5, 0.6) is 0 Å². The Hall–Kier alpha value is -0.510. The maximum atomic E-state index is 12.3. The van der Waals surface area contributed by atoms with Crippen molar-refractivity contribution in [3.05, 3.63) is 4.60 Å². The van der Waals surface area contributed by atoms with Crippen LogP contribution in [0.3, 0.4) is 0 Å². The minimum atomic E-state index is -3.76. The number of aryl methyl sites for hydroxylation is 1. The normalized spacial score (nSPS) is 21.4. The lowest BCUT2D eigenvalue weighted by atomic mass is 9.71. The fourth-order valence-corrected chi connectivity index (χ4v) is 4.68. The molecule has 2 rings (SSSR count). The van der Waals surface area contributed by atoms with Crippen LogP contribution in [0.25, 0.3) is 0 Å². The van der Waals surface area contributed by atoms with Crippen molar-refractivity contribution in [1.82, 2.24) is 19.7 Å². The van der Waals surface area contributed by atoms with E-state index in [0.29, 0.717) is 12.8 Å². The van der Waals surface area contributed by atoms with E-state index in [4.69, 9.17) is 0 Å². The van der Waals surface area contributed by atoms with Gasteiger partial charge in [0.25, 0.3) is 10.0 Å². The van der Waals surface area contributed by atoms with Crippen LogP contribution < -0.4 is 4.72 Å². The van der Waals surface area contributed by atoms with Gasteiger partial charge in [0.15, 0.2) is 4.60 Å². The molecule has 1 aliphatic carbocycles. The molecule has 0 saturated heterocycles. The predicted molar refractivity (Wildman–Crippen MR) is 81.1 cm³/mol. The van der Waals surface area contributed by atoms with Gasteiger partial charge in [-0.2, -0.15) is 0 Å². The van der Waals surface area contributed by atoms with E-state index in [1.165, 1.54) is 11.7 Å². The monoisotopic (exact) mass is 380 g/mol. The van der Waals surface area contributed by atoms with Crippen molar-refractivity contribution in [2.24, 2.45) is 12.5 Å².